The van der Waals surface area contributed by atoms with Crippen molar-refractivity contribution >= 4 is 27.5 Å². The molecule has 0 spiro atoms. The summed E-state index contributed by atoms with van der Waals surface area (Å²) in [5.41, 5.74) is -0.0865. The maximum absolute atomic E-state index is 11.4. The number of benzene rings is 1. The van der Waals surface area contributed by atoms with E-state index in [1.807, 2.05) is 25.1 Å². The standard InChI is InChI=1S/C14H18N2O3S/c1-8(14(2,3)12(17)18)16-10-6-5-9(19-4)7-11(10)20-13(16)15/h5-8,15H,1-4H3,(H,17,18). The first-order valence-corrected chi connectivity index (χ1v) is 7.07. The van der Waals surface area contributed by atoms with E-state index in [0.29, 0.717) is 4.80 Å². The molecule has 2 N–H and O–H groups in total. The monoisotopic (exact) mass is 294 g/mol. The van der Waals surface area contributed by atoms with Crippen molar-refractivity contribution < 1.29 is 14.6 Å². The highest BCUT2D eigenvalue weighted by molar-refractivity contribution is 7.16. The van der Waals surface area contributed by atoms with Crippen LogP contribution >= 0.6 is 11.3 Å². The fraction of sp³-hybridized carbons (Fsp3) is 0.429. The Morgan fingerprint density at radius 2 is 2.15 bits per heavy atom. The Morgan fingerprint density at radius 3 is 2.70 bits per heavy atom. The summed E-state index contributed by atoms with van der Waals surface area (Å²) in [7, 11) is 1.60. The Balaban J connectivity index is 2.63. The van der Waals surface area contributed by atoms with Crippen LogP contribution in [0, 0.1) is 10.8 Å². The quantitative estimate of drug-likeness (QED) is 0.910. The van der Waals surface area contributed by atoms with E-state index in [9.17, 15) is 9.90 Å². The molecule has 1 atom stereocenters. The summed E-state index contributed by atoms with van der Waals surface area (Å²) in [5.74, 6) is -0.138. The van der Waals surface area contributed by atoms with Gasteiger partial charge < -0.3 is 14.4 Å². The summed E-state index contributed by atoms with van der Waals surface area (Å²) >= 11 is 1.32. The number of ether oxygens (including phenoxy) is 1. The maximum atomic E-state index is 11.4. The number of nitrogens with zero attached hydrogens (tertiary/aromatic N) is 1. The largest absolute Gasteiger partial charge is 0.497 e. The molecule has 1 aromatic heterocycles. The molecule has 108 valence electrons. The van der Waals surface area contributed by atoms with Gasteiger partial charge in [-0.05, 0) is 39.0 Å². The molecular formula is C14H18N2O3S. The smallest absolute Gasteiger partial charge is 0.311 e. The number of fused-ring (bicyclic) bond motifs is 1. The van der Waals surface area contributed by atoms with Crippen molar-refractivity contribution in [2.24, 2.45) is 5.41 Å². The molecule has 2 aromatic rings. The van der Waals surface area contributed by atoms with E-state index in [0.717, 1.165) is 16.0 Å². The molecular weight excluding hydrogens is 276 g/mol. The highest BCUT2D eigenvalue weighted by Crippen LogP contribution is 2.34. The molecule has 0 bridgehead atoms. The number of nitrogens with one attached hydrogen (secondary N) is 1. The van der Waals surface area contributed by atoms with Crippen LogP contribution in [0.15, 0.2) is 18.2 Å². The van der Waals surface area contributed by atoms with Gasteiger partial charge in [-0.1, -0.05) is 11.3 Å². The second-order valence-corrected chi connectivity index (χ2v) is 6.34. The Hall–Kier alpha value is -1.82. The fourth-order valence-electron chi connectivity index (χ4n) is 2.05. The van der Waals surface area contributed by atoms with Gasteiger partial charge in [-0.2, -0.15) is 0 Å². The van der Waals surface area contributed by atoms with Crippen molar-refractivity contribution in [1.29, 1.82) is 5.41 Å². The van der Waals surface area contributed by atoms with Gasteiger partial charge in [0.2, 0.25) is 0 Å². The van der Waals surface area contributed by atoms with Gasteiger partial charge >= 0.3 is 5.97 Å². The van der Waals surface area contributed by atoms with Crippen molar-refractivity contribution in [1.82, 2.24) is 4.57 Å². The van der Waals surface area contributed by atoms with Crippen LogP contribution < -0.4 is 9.54 Å². The third-order valence-electron chi connectivity index (χ3n) is 3.83. The lowest BCUT2D eigenvalue weighted by Gasteiger charge is -2.28. The summed E-state index contributed by atoms with van der Waals surface area (Å²) < 4.78 is 7.87. The van der Waals surface area contributed by atoms with Crippen LogP contribution in [-0.2, 0) is 4.79 Å². The number of methoxy groups -OCH3 is 1. The minimum absolute atomic E-state index is 0.324. The van der Waals surface area contributed by atoms with Crippen LogP contribution in [0.4, 0.5) is 0 Å². The molecule has 0 aliphatic carbocycles. The zero-order valence-electron chi connectivity index (χ0n) is 11.9. The number of rotatable bonds is 4. The first kappa shape index (κ1) is 14.6. The molecule has 20 heavy (non-hydrogen) atoms. The van der Waals surface area contributed by atoms with E-state index in [4.69, 9.17) is 10.1 Å². The predicted molar refractivity (Wildman–Crippen MR) is 78.3 cm³/mol. The van der Waals surface area contributed by atoms with Crippen LogP contribution in [0.5, 0.6) is 5.75 Å². The van der Waals surface area contributed by atoms with Crippen molar-refractivity contribution in [3.05, 3.63) is 23.0 Å². The number of aromatic nitrogens is 1. The van der Waals surface area contributed by atoms with E-state index in [-0.39, 0.29) is 6.04 Å². The second kappa shape index (κ2) is 4.94. The molecule has 1 heterocycles. The van der Waals surface area contributed by atoms with Gasteiger partial charge in [0.05, 0.1) is 22.7 Å². The molecule has 0 saturated carbocycles. The number of hydrogen-bond acceptors (Lipinski definition) is 4. The highest BCUT2D eigenvalue weighted by Gasteiger charge is 2.36. The number of carboxylic acids is 1. The summed E-state index contributed by atoms with van der Waals surface area (Å²) in [5, 5.41) is 17.5. The third-order valence-corrected chi connectivity index (χ3v) is 4.77. The number of carbonyl (C=O) groups is 1. The molecule has 2 rings (SSSR count). The number of aliphatic carboxylic acids is 1. The molecule has 1 unspecified atom stereocenters. The van der Waals surface area contributed by atoms with Gasteiger partial charge in [0.15, 0.2) is 4.80 Å². The maximum Gasteiger partial charge on any atom is 0.311 e. The summed E-state index contributed by atoms with van der Waals surface area (Å²) in [4.78, 5) is 11.8. The number of carboxylic acid groups (broad SMARTS) is 1. The first-order valence-electron chi connectivity index (χ1n) is 6.26. The van der Waals surface area contributed by atoms with E-state index in [1.165, 1.54) is 11.3 Å². The molecule has 0 saturated heterocycles. The SMILES string of the molecule is COc1ccc2c(c1)sc(=N)n2C(C)C(C)(C)C(=O)O. The van der Waals surface area contributed by atoms with Crippen LogP contribution in [0.3, 0.4) is 0 Å². The average Bonchev–Trinajstić information content (AvgIpc) is 2.72. The van der Waals surface area contributed by atoms with Crippen molar-refractivity contribution in [3.63, 3.8) is 0 Å². The summed E-state index contributed by atoms with van der Waals surface area (Å²) in [6, 6.07) is 5.24. The summed E-state index contributed by atoms with van der Waals surface area (Å²) in [6.45, 7) is 5.20. The van der Waals surface area contributed by atoms with Crippen LogP contribution in [0.2, 0.25) is 0 Å². The molecule has 0 aliphatic heterocycles. The molecule has 0 radical (unpaired) electrons. The third kappa shape index (κ3) is 2.20. The second-order valence-electron chi connectivity index (χ2n) is 5.31. The van der Waals surface area contributed by atoms with E-state index in [2.05, 4.69) is 0 Å². The van der Waals surface area contributed by atoms with Crippen LogP contribution in [0.25, 0.3) is 10.2 Å². The van der Waals surface area contributed by atoms with E-state index >= 15 is 0 Å². The lowest BCUT2D eigenvalue weighted by Crippen LogP contribution is -2.36. The Kier molecular flexibility index (Phi) is 3.60. The molecule has 0 amide bonds. The van der Waals surface area contributed by atoms with Crippen molar-refractivity contribution in [2.45, 2.75) is 26.8 Å². The lowest BCUT2D eigenvalue weighted by molar-refractivity contribution is -0.149. The van der Waals surface area contributed by atoms with Crippen molar-refractivity contribution in [3.8, 4) is 5.75 Å². The zero-order valence-corrected chi connectivity index (χ0v) is 12.7. The number of hydrogen-bond donors (Lipinski definition) is 2. The van der Waals surface area contributed by atoms with E-state index in [1.54, 1.807) is 25.5 Å². The Labute approximate surface area is 120 Å². The van der Waals surface area contributed by atoms with Gasteiger partial charge in [-0.15, -0.1) is 0 Å². The Bertz CT molecular complexity index is 715. The first-order chi connectivity index (χ1) is 9.28. The topological polar surface area (TPSA) is 75.3 Å². The fourth-order valence-corrected chi connectivity index (χ4v) is 3.06. The van der Waals surface area contributed by atoms with Gasteiger partial charge in [-0.25, -0.2) is 0 Å². The minimum atomic E-state index is -0.950. The molecule has 0 fully saturated rings. The normalized spacial score (nSPS) is 13.4. The zero-order chi connectivity index (χ0) is 15.1. The Morgan fingerprint density at radius 1 is 1.50 bits per heavy atom. The van der Waals surface area contributed by atoms with Crippen molar-refractivity contribution in [2.75, 3.05) is 7.11 Å². The highest BCUT2D eigenvalue weighted by atomic mass is 32.1. The van der Waals surface area contributed by atoms with Gasteiger partial charge in [0.25, 0.3) is 0 Å². The molecule has 1 aromatic carbocycles. The van der Waals surface area contributed by atoms with E-state index < -0.39 is 11.4 Å². The van der Waals surface area contributed by atoms with Crippen LogP contribution in [0.1, 0.15) is 26.8 Å². The molecule has 6 heteroatoms. The molecule has 5 nitrogen and oxygen atoms in total. The van der Waals surface area contributed by atoms with Gasteiger partial charge in [0, 0.05) is 6.04 Å². The average molecular weight is 294 g/mol. The predicted octanol–water partition coefficient (Wildman–Crippen LogP) is 2.86. The summed E-state index contributed by atoms with van der Waals surface area (Å²) in [6.07, 6.45) is 0. The molecule has 0 aliphatic rings. The lowest BCUT2D eigenvalue weighted by atomic mass is 9.85. The van der Waals surface area contributed by atoms with Gasteiger partial charge in [0.1, 0.15) is 5.75 Å². The minimum Gasteiger partial charge on any atom is -0.497 e. The van der Waals surface area contributed by atoms with Gasteiger partial charge in [-0.3, -0.25) is 10.2 Å². The van der Waals surface area contributed by atoms with Crippen LogP contribution in [-0.4, -0.2) is 22.8 Å². The number of thiazole rings is 1.